The van der Waals surface area contributed by atoms with E-state index in [9.17, 15) is 5.11 Å². The average Bonchev–Trinajstić information content (AvgIpc) is 2.79. The summed E-state index contributed by atoms with van der Waals surface area (Å²) in [7, 11) is 2.04. The Kier molecular flexibility index (Phi) is 3.89. The van der Waals surface area contributed by atoms with E-state index in [-0.39, 0.29) is 6.10 Å². The Morgan fingerprint density at radius 1 is 1.37 bits per heavy atom. The van der Waals surface area contributed by atoms with Crippen molar-refractivity contribution in [3.05, 3.63) is 17.5 Å². The van der Waals surface area contributed by atoms with Crippen molar-refractivity contribution >= 4 is 0 Å². The molecule has 2 aliphatic carbocycles. The highest BCUT2D eigenvalue weighted by molar-refractivity contribution is 5.24. The van der Waals surface area contributed by atoms with Gasteiger partial charge in [0.15, 0.2) is 0 Å². The minimum Gasteiger partial charge on any atom is -0.393 e. The van der Waals surface area contributed by atoms with E-state index in [0.29, 0.717) is 12.0 Å². The zero-order valence-electron chi connectivity index (χ0n) is 11.8. The van der Waals surface area contributed by atoms with Gasteiger partial charge in [0.2, 0.25) is 0 Å². The van der Waals surface area contributed by atoms with Crippen LogP contribution in [0, 0.1) is 5.92 Å². The van der Waals surface area contributed by atoms with Gasteiger partial charge < -0.3 is 10.4 Å². The lowest BCUT2D eigenvalue weighted by molar-refractivity contribution is 0.0993. The van der Waals surface area contributed by atoms with E-state index in [4.69, 9.17) is 0 Å². The Labute approximate surface area is 115 Å². The normalized spacial score (nSPS) is 31.2. The molecule has 0 aromatic carbocycles. The summed E-state index contributed by atoms with van der Waals surface area (Å²) in [5, 5.41) is 17.8. The molecule has 0 radical (unpaired) electrons. The summed E-state index contributed by atoms with van der Waals surface area (Å²) >= 11 is 0. The Balaban J connectivity index is 1.59. The van der Waals surface area contributed by atoms with Crippen molar-refractivity contribution in [2.24, 2.45) is 13.0 Å². The van der Waals surface area contributed by atoms with Gasteiger partial charge in [-0.05, 0) is 51.0 Å². The zero-order chi connectivity index (χ0) is 13.2. The molecule has 19 heavy (non-hydrogen) atoms. The molecule has 2 aliphatic rings. The molecular formula is C15H25N3O. The third-order valence-corrected chi connectivity index (χ3v) is 4.78. The van der Waals surface area contributed by atoms with Crippen LogP contribution in [0.15, 0.2) is 6.20 Å². The topological polar surface area (TPSA) is 50.1 Å². The van der Waals surface area contributed by atoms with Gasteiger partial charge in [0.25, 0.3) is 0 Å². The number of aryl methyl sites for hydroxylation is 1. The summed E-state index contributed by atoms with van der Waals surface area (Å²) in [5.74, 6) is 0.644. The second kappa shape index (κ2) is 5.63. The van der Waals surface area contributed by atoms with Crippen LogP contribution in [-0.2, 0) is 13.5 Å². The fourth-order valence-electron chi connectivity index (χ4n) is 3.68. The number of hydrogen-bond donors (Lipinski definition) is 2. The molecular weight excluding hydrogens is 238 g/mol. The van der Waals surface area contributed by atoms with Crippen LogP contribution in [0.2, 0.25) is 0 Å². The maximum atomic E-state index is 9.74. The average molecular weight is 263 g/mol. The first-order valence-electron chi connectivity index (χ1n) is 7.66. The second-order valence-electron chi connectivity index (χ2n) is 6.21. The minimum atomic E-state index is -0.0686. The molecule has 106 valence electrons. The molecule has 1 aromatic heterocycles. The van der Waals surface area contributed by atoms with Gasteiger partial charge in [0, 0.05) is 24.3 Å². The first kappa shape index (κ1) is 13.1. The number of aromatic nitrogens is 2. The SMILES string of the molecule is Cn1ncc2c1CCCC2NCC1CCCC(O)C1. The fourth-order valence-corrected chi connectivity index (χ4v) is 3.68. The van der Waals surface area contributed by atoms with Crippen molar-refractivity contribution in [3.8, 4) is 0 Å². The zero-order valence-corrected chi connectivity index (χ0v) is 11.8. The summed E-state index contributed by atoms with van der Waals surface area (Å²) in [4.78, 5) is 0. The van der Waals surface area contributed by atoms with Crippen molar-refractivity contribution in [1.29, 1.82) is 0 Å². The van der Waals surface area contributed by atoms with Gasteiger partial charge >= 0.3 is 0 Å². The van der Waals surface area contributed by atoms with Crippen molar-refractivity contribution < 1.29 is 5.11 Å². The van der Waals surface area contributed by atoms with Crippen molar-refractivity contribution in [3.63, 3.8) is 0 Å². The van der Waals surface area contributed by atoms with E-state index in [0.717, 1.165) is 25.8 Å². The largest absolute Gasteiger partial charge is 0.393 e. The fraction of sp³-hybridized carbons (Fsp3) is 0.800. The molecule has 1 aromatic rings. The third-order valence-electron chi connectivity index (χ3n) is 4.78. The lowest BCUT2D eigenvalue weighted by atomic mass is 9.86. The highest BCUT2D eigenvalue weighted by Crippen LogP contribution is 2.30. The van der Waals surface area contributed by atoms with Crippen LogP contribution in [0.4, 0.5) is 0 Å². The second-order valence-corrected chi connectivity index (χ2v) is 6.21. The van der Waals surface area contributed by atoms with Crippen LogP contribution in [0.25, 0.3) is 0 Å². The first-order chi connectivity index (χ1) is 9.24. The molecule has 3 atom stereocenters. The monoisotopic (exact) mass is 263 g/mol. The van der Waals surface area contributed by atoms with Crippen molar-refractivity contribution in [2.45, 2.75) is 57.1 Å². The maximum Gasteiger partial charge on any atom is 0.0543 e. The number of nitrogens with zero attached hydrogens (tertiary/aromatic N) is 2. The maximum absolute atomic E-state index is 9.74. The molecule has 4 nitrogen and oxygen atoms in total. The highest BCUT2D eigenvalue weighted by atomic mass is 16.3. The van der Waals surface area contributed by atoms with Crippen LogP contribution in [0.3, 0.4) is 0 Å². The van der Waals surface area contributed by atoms with Gasteiger partial charge in [-0.3, -0.25) is 4.68 Å². The summed E-state index contributed by atoms with van der Waals surface area (Å²) < 4.78 is 2.02. The molecule has 1 fully saturated rings. The number of rotatable bonds is 3. The number of aliphatic hydroxyl groups is 1. The van der Waals surface area contributed by atoms with Gasteiger partial charge in [-0.1, -0.05) is 6.42 Å². The van der Waals surface area contributed by atoms with E-state index in [1.54, 1.807) is 0 Å². The Bertz CT molecular complexity index is 429. The van der Waals surface area contributed by atoms with Crippen molar-refractivity contribution in [1.82, 2.24) is 15.1 Å². The van der Waals surface area contributed by atoms with Crippen LogP contribution >= 0.6 is 0 Å². The Morgan fingerprint density at radius 2 is 2.26 bits per heavy atom. The number of hydrogen-bond acceptors (Lipinski definition) is 3. The molecule has 0 amide bonds. The van der Waals surface area contributed by atoms with E-state index < -0.39 is 0 Å². The first-order valence-corrected chi connectivity index (χ1v) is 7.66. The molecule has 0 bridgehead atoms. The predicted molar refractivity (Wildman–Crippen MR) is 74.9 cm³/mol. The quantitative estimate of drug-likeness (QED) is 0.876. The number of aliphatic hydroxyl groups excluding tert-OH is 1. The summed E-state index contributed by atoms with van der Waals surface area (Å²) in [5.41, 5.74) is 2.79. The van der Waals surface area contributed by atoms with Gasteiger partial charge in [-0.15, -0.1) is 0 Å². The lowest BCUT2D eigenvalue weighted by Crippen LogP contribution is -2.33. The van der Waals surface area contributed by atoms with E-state index in [2.05, 4.69) is 10.4 Å². The van der Waals surface area contributed by atoms with E-state index >= 15 is 0 Å². The van der Waals surface area contributed by atoms with E-state index in [1.807, 2.05) is 17.9 Å². The molecule has 0 spiro atoms. The molecule has 3 rings (SSSR count). The summed E-state index contributed by atoms with van der Waals surface area (Å²) in [6.07, 6.45) is 9.99. The number of fused-ring (bicyclic) bond motifs is 1. The van der Waals surface area contributed by atoms with Crippen LogP contribution in [0.1, 0.15) is 55.8 Å². The molecule has 4 heteroatoms. The van der Waals surface area contributed by atoms with Gasteiger partial charge in [0.1, 0.15) is 0 Å². The van der Waals surface area contributed by atoms with E-state index in [1.165, 1.54) is 36.9 Å². The van der Waals surface area contributed by atoms with Crippen LogP contribution in [-0.4, -0.2) is 27.5 Å². The Morgan fingerprint density at radius 3 is 3.11 bits per heavy atom. The van der Waals surface area contributed by atoms with Crippen molar-refractivity contribution in [2.75, 3.05) is 6.54 Å². The standard InChI is InChI=1S/C15H25N3O/c1-18-15-7-3-6-14(13(15)10-17-18)16-9-11-4-2-5-12(19)8-11/h10-12,14,16,19H,2-9H2,1H3. The van der Waals surface area contributed by atoms with Gasteiger partial charge in [0.05, 0.1) is 12.3 Å². The molecule has 0 saturated heterocycles. The Hall–Kier alpha value is -0.870. The van der Waals surface area contributed by atoms with Gasteiger partial charge in [-0.25, -0.2) is 0 Å². The third kappa shape index (κ3) is 2.84. The molecule has 1 saturated carbocycles. The highest BCUT2D eigenvalue weighted by Gasteiger charge is 2.25. The summed E-state index contributed by atoms with van der Waals surface area (Å²) in [6, 6.07) is 0.469. The molecule has 2 N–H and O–H groups in total. The minimum absolute atomic E-state index is 0.0686. The summed E-state index contributed by atoms with van der Waals surface area (Å²) in [6.45, 7) is 1.04. The number of nitrogens with one attached hydrogen (secondary N) is 1. The van der Waals surface area contributed by atoms with Crippen LogP contribution < -0.4 is 5.32 Å². The predicted octanol–water partition coefficient (Wildman–Crippen LogP) is 1.94. The molecule has 3 unspecified atom stereocenters. The smallest absolute Gasteiger partial charge is 0.0543 e. The molecule has 0 aliphatic heterocycles. The van der Waals surface area contributed by atoms with Gasteiger partial charge in [-0.2, -0.15) is 5.10 Å². The molecule has 1 heterocycles. The van der Waals surface area contributed by atoms with Crippen LogP contribution in [0.5, 0.6) is 0 Å². The lowest BCUT2D eigenvalue weighted by Gasteiger charge is -2.29.